The molecule has 3 aromatic rings. The average molecular weight is 634 g/mol. The van der Waals surface area contributed by atoms with Gasteiger partial charge in [-0.2, -0.15) is 0 Å². The summed E-state index contributed by atoms with van der Waals surface area (Å²) in [4.78, 5) is 13.5. The van der Waals surface area contributed by atoms with Gasteiger partial charge in [-0.25, -0.2) is 4.39 Å². The van der Waals surface area contributed by atoms with E-state index in [0.29, 0.717) is 45.1 Å². The normalized spacial score (nSPS) is 16.1. The lowest BCUT2D eigenvalue weighted by molar-refractivity contribution is -0.118. The lowest BCUT2D eigenvalue weighted by Gasteiger charge is -2.25. The summed E-state index contributed by atoms with van der Waals surface area (Å²) in [6.45, 7) is 1.86. The van der Waals surface area contributed by atoms with Crippen LogP contribution in [0.5, 0.6) is 11.5 Å². The molecule has 1 heterocycles. The molecule has 204 valence electrons. The van der Waals surface area contributed by atoms with E-state index in [-0.39, 0.29) is 24.4 Å². The van der Waals surface area contributed by atoms with Gasteiger partial charge in [0.15, 0.2) is 0 Å². The lowest BCUT2D eigenvalue weighted by Crippen LogP contribution is -2.37. The molecule has 2 N–H and O–H groups in total. The highest BCUT2D eigenvalue weighted by Crippen LogP contribution is 2.44. The summed E-state index contributed by atoms with van der Waals surface area (Å²) in [5, 5.41) is 7.57. The Balaban J connectivity index is 1.25. The van der Waals surface area contributed by atoms with Gasteiger partial charge >= 0.3 is 0 Å². The first-order valence-electron chi connectivity index (χ1n) is 12.9. The molecule has 1 aliphatic carbocycles. The molecule has 0 saturated heterocycles. The quantitative estimate of drug-likeness (QED) is 0.229. The van der Waals surface area contributed by atoms with Gasteiger partial charge in [0.05, 0.1) is 20.6 Å². The molecule has 1 fully saturated rings. The van der Waals surface area contributed by atoms with Crippen LogP contribution in [0.2, 0.25) is 10.0 Å². The van der Waals surface area contributed by atoms with Crippen LogP contribution in [0.25, 0.3) is 5.57 Å². The molecule has 9 heteroatoms. The predicted octanol–water partition coefficient (Wildman–Crippen LogP) is 7.37. The maximum absolute atomic E-state index is 13.5. The molecule has 5 nitrogen and oxygen atoms in total. The topological polar surface area (TPSA) is 59.6 Å². The number of amides is 1. The molecule has 0 radical (unpaired) electrons. The number of carbonyl (C=O) groups is 1. The fourth-order valence-electron chi connectivity index (χ4n) is 4.74. The molecule has 0 spiro atoms. The molecule has 1 unspecified atom stereocenters. The van der Waals surface area contributed by atoms with Crippen LogP contribution < -0.4 is 20.1 Å². The number of carbonyl (C=O) groups excluding carboxylic acids is 1. The lowest BCUT2D eigenvalue weighted by atomic mass is 9.93. The Morgan fingerprint density at radius 1 is 1.08 bits per heavy atom. The van der Waals surface area contributed by atoms with E-state index in [1.54, 1.807) is 12.1 Å². The molecule has 1 atom stereocenters. The summed E-state index contributed by atoms with van der Waals surface area (Å²) in [5.74, 6) is 1.02. The fraction of sp³-hybridized carbons (Fsp3) is 0.300. The Morgan fingerprint density at radius 2 is 1.85 bits per heavy atom. The third-order valence-electron chi connectivity index (χ3n) is 6.89. The van der Waals surface area contributed by atoms with Crippen LogP contribution in [-0.2, 0) is 4.79 Å². The number of hydrogen-bond acceptors (Lipinski definition) is 4. The van der Waals surface area contributed by atoms with Crippen LogP contribution >= 0.6 is 39.1 Å². The minimum Gasteiger partial charge on any atom is -0.490 e. The smallest absolute Gasteiger partial charge is 0.249 e. The standard InChI is InChI=1S/C30H28BrCl2FN2O3/c31-25-11-8-20(34)16-27(25)39-15-14-38-21-9-6-18(7-10-21)22-12-13-35-17-24(22)30(37)36-29(19-4-5-19)23-2-1-3-26(32)28(23)33/h1-3,6-11,16,19,29,35H,4-5,12-15,17H2,(H,36,37). The summed E-state index contributed by atoms with van der Waals surface area (Å²) in [5.41, 5.74) is 3.59. The molecule has 3 aromatic carbocycles. The maximum Gasteiger partial charge on any atom is 0.249 e. The van der Waals surface area contributed by atoms with E-state index in [1.165, 1.54) is 12.1 Å². The molecule has 0 aromatic heterocycles. The van der Waals surface area contributed by atoms with Crippen molar-refractivity contribution in [2.45, 2.75) is 25.3 Å². The van der Waals surface area contributed by atoms with Gasteiger partial charge in [-0.15, -0.1) is 0 Å². The Kier molecular flexibility index (Phi) is 9.13. The molecular formula is C30H28BrCl2FN2O3. The largest absolute Gasteiger partial charge is 0.490 e. The molecular weight excluding hydrogens is 606 g/mol. The van der Waals surface area contributed by atoms with Crippen molar-refractivity contribution in [1.29, 1.82) is 0 Å². The van der Waals surface area contributed by atoms with Crippen LogP contribution in [-0.4, -0.2) is 32.2 Å². The number of halogens is 4. The summed E-state index contributed by atoms with van der Waals surface area (Å²) in [7, 11) is 0. The van der Waals surface area contributed by atoms with E-state index in [9.17, 15) is 9.18 Å². The van der Waals surface area contributed by atoms with Crippen LogP contribution in [0.1, 0.15) is 36.4 Å². The second-order valence-corrected chi connectivity index (χ2v) is 11.3. The van der Waals surface area contributed by atoms with Gasteiger partial charge < -0.3 is 20.1 Å². The van der Waals surface area contributed by atoms with Crippen molar-refractivity contribution >= 4 is 50.6 Å². The Labute approximate surface area is 245 Å². The van der Waals surface area contributed by atoms with Crippen molar-refractivity contribution in [2.75, 3.05) is 26.3 Å². The second-order valence-electron chi connectivity index (χ2n) is 9.61. The highest BCUT2D eigenvalue weighted by atomic mass is 79.9. The third-order valence-corrected chi connectivity index (χ3v) is 8.38. The first-order chi connectivity index (χ1) is 18.9. The first-order valence-corrected chi connectivity index (χ1v) is 14.4. The van der Waals surface area contributed by atoms with Crippen LogP contribution in [0.15, 0.2) is 70.7 Å². The number of ether oxygens (including phenoxy) is 2. The number of nitrogens with one attached hydrogen (secondary N) is 2. The predicted molar refractivity (Wildman–Crippen MR) is 156 cm³/mol. The van der Waals surface area contributed by atoms with E-state index in [4.69, 9.17) is 32.7 Å². The summed E-state index contributed by atoms with van der Waals surface area (Å²) < 4.78 is 25.5. The Bertz CT molecular complexity index is 1380. The maximum atomic E-state index is 13.5. The molecule has 1 aliphatic heterocycles. The van der Waals surface area contributed by atoms with Crippen LogP contribution in [0.3, 0.4) is 0 Å². The van der Waals surface area contributed by atoms with Crippen LogP contribution in [0, 0.1) is 11.7 Å². The molecule has 39 heavy (non-hydrogen) atoms. The van der Waals surface area contributed by atoms with Gasteiger partial charge in [0.25, 0.3) is 0 Å². The average Bonchev–Trinajstić information content (AvgIpc) is 3.79. The fourth-order valence-corrected chi connectivity index (χ4v) is 5.53. The molecule has 2 aliphatic rings. The Hall–Kier alpha value is -2.58. The highest BCUT2D eigenvalue weighted by Gasteiger charge is 2.36. The van der Waals surface area contributed by atoms with Gasteiger partial charge in [-0.1, -0.05) is 47.5 Å². The van der Waals surface area contributed by atoms with Crippen LogP contribution in [0.4, 0.5) is 4.39 Å². The van der Waals surface area contributed by atoms with Crippen molar-refractivity contribution in [3.8, 4) is 11.5 Å². The van der Waals surface area contributed by atoms with Crippen molar-refractivity contribution in [3.63, 3.8) is 0 Å². The zero-order chi connectivity index (χ0) is 27.4. The van der Waals surface area contributed by atoms with Gasteiger partial charge in [0.1, 0.15) is 30.5 Å². The zero-order valence-electron chi connectivity index (χ0n) is 21.1. The summed E-state index contributed by atoms with van der Waals surface area (Å²) in [6.07, 6.45) is 2.83. The second kappa shape index (κ2) is 12.7. The van der Waals surface area contributed by atoms with E-state index in [2.05, 4.69) is 26.6 Å². The summed E-state index contributed by atoms with van der Waals surface area (Å²) in [6, 6.07) is 17.4. The van der Waals surface area contributed by atoms with Gasteiger partial charge in [0, 0.05) is 18.2 Å². The zero-order valence-corrected chi connectivity index (χ0v) is 24.2. The van der Waals surface area contributed by atoms with E-state index < -0.39 is 0 Å². The molecule has 1 amide bonds. The number of rotatable bonds is 10. The first kappa shape index (κ1) is 28.0. The van der Waals surface area contributed by atoms with Gasteiger partial charge in [-0.3, -0.25) is 4.79 Å². The van der Waals surface area contributed by atoms with Crippen molar-refractivity contribution in [3.05, 3.63) is 97.7 Å². The SMILES string of the molecule is O=C(NC(c1cccc(Cl)c1Cl)C1CC1)C1=C(c2ccc(OCCOc3cc(F)ccc3Br)cc2)CCNC1. The molecule has 0 bridgehead atoms. The van der Waals surface area contributed by atoms with Crippen molar-refractivity contribution in [2.24, 2.45) is 5.92 Å². The number of hydrogen-bond donors (Lipinski definition) is 2. The number of benzene rings is 3. The van der Waals surface area contributed by atoms with Crippen molar-refractivity contribution < 1.29 is 18.7 Å². The van der Waals surface area contributed by atoms with E-state index >= 15 is 0 Å². The van der Waals surface area contributed by atoms with E-state index in [0.717, 1.165) is 48.1 Å². The van der Waals surface area contributed by atoms with Gasteiger partial charge in [0.2, 0.25) is 5.91 Å². The third kappa shape index (κ3) is 6.95. The monoisotopic (exact) mass is 632 g/mol. The van der Waals surface area contributed by atoms with E-state index in [1.807, 2.05) is 36.4 Å². The van der Waals surface area contributed by atoms with Crippen molar-refractivity contribution in [1.82, 2.24) is 10.6 Å². The minimum absolute atomic E-state index is 0.0915. The molecule has 1 saturated carbocycles. The minimum atomic E-state index is -0.360. The molecule has 5 rings (SSSR count). The highest BCUT2D eigenvalue weighted by molar-refractivity contribution is 9.10. The summed E-state index contributed by atoms with van der Waals surface area (Å²) >= 11 is 16.1. The van der Waals surface area contributed by atoms with Gasteiger partial charge in [-0.05, 0) is 94.7 Å². The Morgan fingerprint density at radius 3 is 2.62 bits per heavy atom.